The molecule has 2 aromatic rings. The lowest BCUT2D eigenvalue weighted by Crippen LogP contribution is -2.56. The van der Waals surface area contributed by atoms with Crippen molar-refractivity contribution in [1.29, 1.82) is 0 Å². The number of fused-ring (bicyclic) bond motifs is 4. The maximum atomic E-state index is 12.8. The Labute approximate surface area is 213 Å². The van der Waals surface area contributed by atoms with Gasteiger partial charge in [-0.05, 0) is 50.3 Å². The van der Waals surface area contributed by atoms with Gasteiger partial charge in [0.1, 0.15) is 5.65 Å². The molecule has 4 atom stereocenters. The highest BCUT2D eigenvalue weighted by atomic mass is 16.5. The van der Waals surface area contributed by atoms with Crippen LogP contribution in [0.2, 0.25) is 0 Å². The van der Waals surface area contributed by atoms with Gasteiger partial charge in [0.15, 0.2) is 0 Å². The van der Waals surface area contributed by atoms with Gasteiger partial charge < -0.3 is 15.0 Å². The Balaban J connectivity index is 1.25. The SMILES string of the molecule is C=C(/C=C\C1=C(C)CN2[C@H](C)CN(c3cc(=O)n(C)c4ncccc34)C[C@H]12)C1C[C@@H]2COC[C@@H](C1)N2. The van der Waals surface area contributed by atoms with Crippen LogP contribution in [0.1, 0.15) is 26.7 Å². The predicted molar refractivity (Wildman–Crippen MR) is 144 cm³/mol. The summed E-state index contributed by atoms with van der Waals surface area (Å²) in [5, 5.41) is 4.72. The molecule has 6 rings (SSSR count). The van der Waals surface area contributed by atoms with E-state index in [-0.39, 0.29) is 5.56 Å². The van der Waals surface area contributed by atoms with Crippen LogP contribution in [0.4, 0.5) is 5.69 Å². The van der Waals surface area contributed by atoms with Crippen molar-refractivity contribution in [2.45, 2.75) is 50.9 Å². The Hall–Kier alpha value is -2.74. The number of pyridine rings is 2. The lowest BCUT2D eigenvalue weighted by Gasteiger charge is -2.44. The minimum absolute atomic E-state index is 0.0158. The Kier molecular flexibility index (Phi) is 6.10. The summed E-state index contributed by atoms with van der Waals surface area (Å²) in [5.74, 6) is 0.515. The molecule has 4 aliphatic heterocycles. The number of hydrogen-bond donors (Lipinski definition) is 1. The quantitative estimate of drug-likeness (QED) is 0.669. The molecule has 4 aliphatic rings. The maximum absolute atomic E-state index is 12.8. The molecule has 2 aromatic heterocycles. The minimum Gasteiger partial charge on any atom is -0.378 e. The number of piperazine rings is 1. The molecule has 2 bridgehead atoms. The van der Waals surface area contributed by atoms with E-state index in [0.717, 1.165) is 62.4 Å². The Morgan fingerprint density at radius 3 is 2.81 bits per heavy atom. The van der Waals surface area contributed by atoms with Crippen LogP contribution in [0.3, 0.4) is 0 Å². The van der Waals surface area contributed by atoms with Crippen molar-refractivity contribution in [1.82, 2.24) is 19.8 Å². The highest BCUT2D eigenvalue weighted by Crippen LogP contribution is 2.36. The molecule has 36 heavy (non-hydrogen) atoms. The number of morpholine rings is 1. The molecule has 1 N–H and O–H groups in total. The number of aromatic nitrogens is 2. The van der Waals surface area contributed by atoms with Crippen LogP contribution in [-0.4, -0.2) is 71.5 Å². The third-order valence-corrected chi connectivity index (χ3v) is 8.68. The van der Waals surface area contributed by atoms with Crippen molar-refractivity contribution in [3.63, 3.8) is 0 Å². The molecular weight excluding hydrogens is 450 g/mol. The Bertz CT molecular complexity index is 1300. The van der Waals surface area contributed by atoms with Crippen LogP contribution in [0.25, 0.3) is 11.0 Å². The standard InChI is InChI=1S/C29H37N5O2/c1-18(21-10-22-16-36-17-23(11-21)31-22)7-8-24-19(2)13-34-20(3)14-33(15-27(24)34)26-12-28(35)32(4)29-25(26)6-5-9-30-29/h5-9,12,20-23,27,31H,1,10-11,13-17H2,2-4H3/b8-7-/t20-,22-,23-,27-/m1/s1. The molecule has 0 radical (unpaired) electrons. The predicted octanol–water partition coefficient (Wildman–Crippen LogP) is 3.02. The second-order valence-electron chi connectivity index (χ2n) is 11.2. The number of ether oxygens (including phenoxy) is 1. The molecule has 0 aromatic carbocycles. The summed E-state index contributed by atoms with van der Waals surface area (Å²) in [7, 11) is 1.80. The average molecular weight is 488 g/mol. The summed E-state index contributed by atoms with van der Waals surface area (Å²) >= 11 is 0. The van der Waals surface area contributed by atoms with Crippen molar-refractivity contribution in [3.8, 4) is 0 Å². The third kappa shape index (κ3) is 4.13. The van der Waals surface area contributed by atoms with Crippen molar-refractivity contribution < 1.29 is 4.74 Å². The van der Waals surface area contributed by atoms with Crippen molar-refractivity contribution >= 4 is 16.7 Å². The largest absolute Gasteiger partial charge is 0.378 e. The zero-order chi connectivity index (χ0) is 25.0. The van der Waals surface area contributed by atoms with Crippen LogP contribution >= 0.6 is 0 Å². The molecule has 6 heterocycles. The number of nitrogens with zero attached hydrogens (tertiary/aromatic N) is 4. The van der Waals surface area contributed by atoms with Gasteiger partial charge in [0.05, 0.1) is 24.9 Å². The first-order chi connectivity index (χ1) is 17.4. The van der Waals surface area contributed by atoms with E-state index in [0.29, 0.717) is 30.1 Å². The molecule has 3 saturated heterocycles. The summed E-state index contributed by atoms with van der Waals surface area (Å²) < 4.78 is 7.36. The van der Waals surface area contributed by atoms with E-state index in [1.165, 1.54) is 16.7 Å². The molecule has 7 nitrogen and oxygen atoms in total. The van der Waals surface area contributed by atoms with Crippen molar-refractivity contribution in [2.75, 3.05) is 37.7 Å². The zero-order valence-corrected chi connectivity index (χ0v) is 21.6. The average Bonchev–Trinajstić information content (AvgIpc) is 3.20. The molecular formula is C29H37N5O2. The van der Waals surface area contributed by atoms with E-state index in [2.05, 4.69) is 58.7 Å². The van der Waals surface area contributed by atoms with E-state index in [9.17, 15) is 4.79 Å². The van der Waals surface area contributed by atoms with Gasteiger partial charge in [-0.15, -0.1) is 0 Å². The Morgan fingerprint density at radius 1 is 1.25 bits per heavy atom. The number of piperidine rings is 1. The van der Waals surface area contributed by atoms with Gasteiger partial charge in [-0.2, -0.15) is 0 Å². The smallest absolute Gasteiger partial charge is 0.253 e. The third-order valence-electron chi connectivity index (χ3n) is 8.68. The van der Waals surface area contributed by atoms with Crippen molar-refractivity contribution in [2.24, 2.45) is 13.0 Å². The summed E-state index contributed by atoms with van der Waals surface area (Å²) in [5.41, 5.74) is 5.78. The molecule has 0 spiro atoms. The first kappa shape index (κ1) is 23.6. The van der Waals surface area contributed by atoms with Crippen LogP contribution in [-0.2, 0) is 11.8 Å². The van der Waals surface area contributed by atoms with E-state index in [1.54, 1.807) is 23.9 Å². The van der Waals surface area contributed by atoms with Gasteiger partial charge in [-0.25, -0.2) is 4.98 Å². The lowest BCUT2D eigenvalue weighted by molar-refractivity contribution is 0.0134. The highest BCUT2D eigenvalue weighted by Gasteiger charge is 2.39. The van der Waals surface area contributed by atoms with Gasteiger partial charge in [-0.3, -0.25) is 14.3 Å². The van der Waals surface area contributed by atoms with Gasteiger partial charge in [-0.1, -0.05) is 29.9 Å². The van der Waals surface area contributed by atoms with Gasteiger partial charge in [0.25, 0.3) is 5.56 Å². The van der Waals surface area contributed by atoms with Crippen LogP contribution < -0.4 is 15.8 Å². The molecule has 0 unspecified atom stereocenters. The lowest BCUT2D eigenvalue weighted by atomic mass is 9.82. The fourth-order valence-electron chi connectivity index (χ4n) is 6.76. The zero-order valence-electron chi connectivity index (χ0n) is 21.6. The summed E-state index contributed by atoms with van der Waals surface area (Å²) in [6.45, 7) is 13.4. The first-order valence-corrected chi connectivity index (χ1v) is 13.2. The molecule has 7 heteroatoms. The van der Waals surface area contributed by atoms with E-state index in [1.807, 2.05) is 6.07 Å². The maximum Gasteiger partial charge on any atom is 0.253 e. The number of anilines is 1. The van der Waals surface area contributed by atoms with Crippen LogP contribution in [0, 0.1) is 5.92 Å². The van der Waals surface area contributed by atoms with Gasteiger partial charge in [0, 0.05) is 62.5 Å². The number of nitrogens with one attached hydrogen (secondary N) is 1. The number of hydrogen-bond acceptors (Lipinski definition) is 6. The topological polar surface area (TPSA) is 62.6 Å². The Morgan fingerprint density at radius 2 is 2.03 bits per heavy atom. The highest BCUT2D eigenvalue weighted by molar-refractivity contribution is 5.89. The van der Waals surface area contributed by atoms with E-state index >= 15 is 0 Å². The second kappa shape index (κ2) is 9.29. The van der Waals surface area contributed by atoms with E-state index in [4.69, 9.17) is 4.74 Å². The fourth-order valence-corrected chi connectivity index (χ4v) is 6.76. The minimum atomic E-state index is -0.0158. The molecule has 0 amide bonds. The molecule has 3 fully saturated rings. The number of allylic oxidation sites excluding steroid dienone is 2. The van der Waals surface area contributed by atoms with E-state index < -0.39 is 0 Å². The summed E-state index contributed by atoms with van der Waals surface area (Å²) in [4.78, 5) is 22.3. The van der Waals surface area contributed by atoms with Crippen LogP contribution in [0.15, 0.2) is 64.6 Å². The number of rotatable bonds is 4. The first-order valence-electron chi connectivity index (χ1n) is 13.2. The normalized spacial score (nSPS) is 30.9. The van der Waals surface area contributed by atoms with Gasteiger partial charge >= 0.3 is 0 Å². The summed E-state index contributed by atoms with van der Waals surface area (Å²) in [6.07, 6.45) is 8.56. The molecule has 0 aliphatic carbocycles. The van der Waals surface area contributed by atoms with Gasteiger partial charge in [0.2, 0.25) is 0 Å². The second-order valence-corrected chi connectivity index (χ2v) is 11.2. The van der Waals surface area contributed by atoms with Crippen LogP contribution in [0.5, 0.6) is 0 Å². The molecule has 0 saturated carbocycles. The number of aryl methyl sites for hydroxylation is 1. The monoisotopic (exact) mass is 487 g/mol. The summed E-state index contributed by atoms with van der Waals surface area (Å²) in [6, 6.07) is 7.40. The van der Waals surface area contributed by atoms with Crippen molar-refractivity contribution in [3.05, 3.63) is 70.2 Å². The fraction of sp³-hybridized carbons (Fsp3) is 0.517. The molecule has 190 valence electrons.